The number of nitrogens with zero attached hydrogens (tertiary/aromatic N) is 4. The molecule has 0 bridgehead atoms. The molecule has 0 unspecified atom stereocenters. The second-order valence-electron chi connectivity index (χ2n) is 5.57. The number of aromatic nitrogens is 4. The van der Waals surface area contributed by atoms with Crippen LogP contribution in [0.1, 0.15) is 5.89 Å². The Bertz CT molecular complexity index is 1040. The zero-order valence-corrected chi connectivity index (χ0v) is 16.2. The summed E-state index contributed by atoms with van der Waals surface area (Å²) in [5, 5.41) is 13.2. The summed E-state index contributed by atoms with van der Waals surface area (Å²) >= 11 is 4.87. The number of hydrogen-bond donors (Lipinski definition) is 0. The molecule has 0 saturated carbocycles. The van der Waals surface area contributed by atoms with E-state index >= 15 is 0 Å². The first-order valence-electron chi connectivity index (χ1n) is 7.98. The van der Waals surface area contributed by atoms with Crippen LogP contribution < -0.4 is 0 Å². The molecule has 27 heavy (non-hydrogen) atoms. The Morgan fingerprint density at radius 2 is 1.63 bits per heavy atom. The van der Waals surface area contributed by atoms with E-state index in [1.54, 1.807) is 12.1 Å². The number of rotatable bonds is 5. The monoisotopic (exact) mass is 442 g/mol. The molecule has 4 aromatic rings. The van der Waals surface area contributed by atoms with Gasteiger partial charge in [0.05, 0.1) is 11.4 Å². The van der Waals surface area contributed by atoms with E-state index in [2.05, 4.69) is 36.3 Å². The molecule has 2 aromatic carbocycles. The van der Waals surface area contributed by atoms with Crippen molar-refractivity contribution < 1.29 is 8.91 Å². The van der Waals surface area contributed by atoms with E-state index in [9.17, 15) is 4.39 Å². The van der Waals surface area contributed by atoms with E-state index in [0.29, 0.717) is 23.0 Å². The van der Waals surface area contributed by atoms with Gasteiger partial charge in [-0.1, -0.05) is 45.0 Å². The first-order valence-corrected chi connectivity index (χ1v) is 9.76. The lowest BCUT2D eigenvalue weighted by atomic mass is 10.1. The molecule has 0 saturated heterocycles. The van der Waals surface area contributed by atoms with Gasteiger partial charge in [0, 0.05) is 15.6 Å². The molecule has 0 radical (unpaired) electrons. The third-order valence-electron chi connectivity index (χ3n) is 3.69. The first-order chi connectivity index (χ1) is 13.2. The minimum absolute atomic E-state index is 0.303. The fourth-order valence-corrected chi connectivity index (χ4v) is 3.25. The highest BCUT2D eigenvalue weighted by molar-refractivity contribution is 9.10. The van der Waals surface area contributed by atoms with Crippen molar-refractivity contribution in [1.82, 2.24) is 20.3 Å². The quantitative estimate of drug-likeness (QED) is 0.386. The van der Waals surface area contributed by atoms with Crippen molar-refractivity contribution in [1.29, 1.82) is 0 Å². The largest absolute Gasteiger partial charge is 0.338 e. The molecule has 0 amide bonds. The van der Waals surface area contributed by atoms with Crippen molar-refractivity contribution in [3.8, 4) is 22.6 Å². The molecule has 0 spiro atoms. The van der Waals surface area contributed by atoms with Crippen LogP contribution in [0.25, 0.3) is 22.6 Å². The molecule has 0 aliphatic heterocycles. The van der Waals surface area contributed by atoms with Crippen LogP contribution in [-0.4, -0.2) is 20.3 Å². The van der Waals surface area contributed by atoms with Gasteiger partial charge < -0.3 is 4.52 Å². The number of thioether (sulfide) groups is 1. The molecule has 2 heterocycles. The normalized spacial score (nSPS) is 10.9. The highest BCUT2D eigenvalue weighted by Gasteiger charge is 2.10. The van der Waals surface area contributed by atoms with Crippen molar-refractivity contribution in [2.45, 2.75) is 10.8 Å². The van der Waals surface area contributed by atoms with Gasteiger partial charge in [0.15, 0.2) is 0 Å². The summed E-state index contributed by atoms with van der Waals surface area (Å²) in [6, 6.07) is 17.7. The van der Waals surface area contributed by atoms with Gasteiger partial charge in [-0.15, -0.1) is 10.2 Å². The molecule has 0 fully saturated rings. The molecule has 2 aromatic heterocycles. The molecule has 0 N–H and O–H groups in total. The van der Waals surface area contributed by atoms with Gasteiger partial charge in [0.25, 0.3) is 0 Å². The number of hydrogen-bond acceptors (Lipinski definition) is 6. The van der Waals surface area contributed by atoms with E-state index in [0.717, 1.165) is 20.8 Å². The second kappa shape index (κ2) is 7.98. The van der Waals surface area contributed by atoms with Crippen LogP contribution in [0.2, 0.25) is 0 Å². The van der Waals surface area contributed by atoms with Gasteiger partial charge in [-0.3, -0.25) is 0 Å². The van der Waals surface area contributed by atoms with Gasteiger partial charge in [-0.25, -0.2) is 4.39 Å². The summed E-state index contributed by atoms with van der Waals surface area (Å²) in [7, 11) is 0. The SMILES string of the molecule is Fc1ccc(-c2noc(CSc3ccc(-c4ccc(Br)cc4)nn3)n2)cc1. The Labute approximate surface area is 167 Å². The Kier molecular flexibility index (Phi) is 5.26. The van der Waals surface area contributed by atoms with Crippen molar-refractivity contribution in [3.63, 3.8) is 0 Å². The molecule has 0 aliphatic rings. The van der Waals surface area contributed by atoms with Crippen molar-refractivity contribution in [3.05, 3.63) is 76.8 Å². The predicted octanol–water partition coefficient (Wildman–Crippen LogP) is 5.39. The highest BCUT2D eigenvalue weighted by Crippen LogP contribution is 2.24. The van der Waals surface area contributed by atoms with Crippen molar-refractivity contribution >= 4 is 27.7 Å². The van der Waals surface area contributed by atoms with Gasteiger partial charge in [0.2, 0.25) is 11.7 Å². The van der Waals surface area contributed by atoms with E-state index in [4.69, 9.17) is 4.52 Å². The predicted molar refractivity (Wildman–Crippen MR) is 104 cm³/mol. The Morgan fingerprint density at radius 1 is 0.889 bits per heavy atom. The van der Waals surface area contributed by atoms with Crippen LogP contribution in [0, 0.1) is 5.82 Å². The van der Waals surface area contributed by atoms with Crippen LogP contribution in [-0.2, 0) is 5.75 Å². The maximum atomic E-state index is 13.0. The molecule has 4 rings (SSSR count). The fraction of sp³-hybridized carbons (Fsp3) is 0.0526. The van der Waals surface area contributed by atoms with Gasteiger partial charge in [-0.05, 0) is 48.5 Å². The number of benzene rings is 2. The molecule has 0 atom stereocenters. The smallest absolute Gasteiger partial charge is 0.237 e. The average Bonchev–Trinajstić information content (AvgIpc) is 3.17. The van der Waals surface area contributed by atoms with E-state index in [1.807, 2.05) is 36.4 Å². The van der Waals surface area contributed by atoms with E-state index in [-0.39, 0.29) is 5.82 Å². The Hall–Kier alpha value is -2.58. The fourth-order valence-electron chi connectivity index (χ4n) is 2.34. The van der Waals surface area contributed by atoms with Crippen molar-refractivity contribution in [2.75, 3.05) is 0 Å². The summed E-state index contributed by atoms with van der Waals surface area (Å²) in [6.07, 6.45) is 0. The molecule has 5 nitrogen and oxygen atoms in total. The van der Waals surface area contributed by atoms with Crippen LogP contribution in [0.3, 0.4) is 0 Å². The minimum atomic E-state index is -0.303. The third kappa shape index (κ3) is 4.40. The Morgan fingerprint density at radius 3 is 2.33 bits per heavy atom. The van der Waals surface area contributed by atoms with Crippen LogP contribution in [0.15, 0.2) is 74.7 Å². The van der Waals surface area contributed by atoms with Gasteiger partial charge in [-0.2, -0.15) is 4.98 Å². The topological polar surface area (TPSA) is 64.7 Å². The Balaban J connectivity index is 1.40. The summed E-state index contributed by atoms with van der Waals surface area (Å²) in [6.45, 7) is 0. The van der Waals surface area contributed by atoms with E-state index in [1.165, 1.54) is 23.9 Å². The highest BCUT2D eigenvalue weighted by atomic mass is 79.9. The summed E-state index contributed by atoms with van der Waals surface area (Å²) in [4.78, 5) is 4.32. The van der Waals surface area contributed by atoms with Crippen molar-refractivity contribution in [2.24, 2.45) is 0 Å². The molecular weight excluding hydrogens is 431 g/mol. The van der Waals surface area contributed by atoms with Crippen LogP contribution >= 0.6 is 27.7 Å². The molecule has 134 valence electrons. The lowest BCUT2D eigenvalue weighted by Crippen LogP contribution is -1.90. The first kappa shape index (κ1) is 17.8. The van der Waals surface area contributed by atoms with Crippen LogP contribution in [0.5, 0.6) is 0 Å². The maximum Gasteiger partial charge on any atom is 0.237 e. The summed E-state index contributed by atoms with van der Waals surface area (Å²) in [5.74, 6) is 1.07. The average molecular weight is 443 g/mol. The lowest BCUT2D eigenvalue weighted by molar-refractivity contribution is 0.391. The third-order valence-corrected chi connectivity index (χ3v) is 5.13. The molecule has 0 aliphatic carbocycles. The standard InChI is InChI=1S/C19H12BrFN4OS/c20-14-5-1-12(2-6-14)16-9-10-18(24-23-16)27-11-17-22-19(25-26-17)13-3-7-15(21)8-4-13/h1-10H,11H2. The van der Waals surface area contributed by atoms with Crippen LogP contribution in [0.4, 0.5) is 4.39 Å². The lowest BCUT2D eigenvalue weighted by Gasteiger charge is -2.01. The second-order valence-corrected chi connectivity index (χ2v) is 7.48. The zero-order chi connectivity index (χ0) is 18.6. The van der Waals surface area contributed by atoms with Gasteiger partial charge >= 0.3 is 0 Å². The minimum Gasteiger partial charge on any atom is -0.338 e. The zero-order valence-electron chi connectivity index (χ0n) is 13.8. The number of halogens is 2. The van der Waals surface area contributed by atoms with E-state index < -0.39 is 0 Å². The summed E-state index contributed by atoms with van der Waals surface area (Å²) < 4.78 is 19.3. The molecular formula is C19H12BrFN4OS. The summed E-state index contributed by atoms with van der Waals surface area (Å²) in [5.41, 5.74) is 2.52. The van der Waals surface area contributed by atoms with Gasteiger partial charge in [0.1, 0.15) is 10.8 Å². The maximum absolute atomic E-state index is 13.0. The molecule has 8 heteroatoms.